The maximum atomic E-state index is 12.4. The van der Waals surface area contributed by atoms with Crippen molar-refractivity contribution in [3.05, 3.63) is 16.4 Å². The molecule has 116 valence electrons. The molecule has 1 unspecified atom stereocenters. The summed E-state index contributed by atoms with van der Waals surface area (Å²) in [4.78, 5) is 25.7. The average molecular weight is 313 g/mol. The first-order chi connectivity index (χ1) is 9.97. The molecule has 0 spiro atoms. The van der Waals surface area contributed by atoms with E-state index >= 15 is 0 Å². The number of hydrogen-bond acceptors (Lipinski definition) is 3. The van der Waals surface area contributed by atoms with E-state index in [1.165, 1.54) is 0 Å². The fourth-order valence-electron chi connectivity index (χ4n) is 2.56. The molecule has 1 N–H and O–H groups in total. The summed E-state index contributed by atoms with van der Waals surface area (Å²) in [5.41, 5.74) is 1.58. The van der Waals surface area contributed by atoms with E-state index in [-0.39, 0.29) is 18.4 Å². The van der Waals surface area contributed by atoms with Gasteiger partial charge < -0.3 is 10.2 Å². The highest BCUT2D eigenvalue weighted by atomic mass is 35.5. The van der Waals surface area contributed by atoms with Gasteiger partial charge in [0.05, 0.1) is 23.0 Å². The van der Waals surface area contributed by atoms with Crippen LogP contribution in [-0.4, -0.2) is 39.1 Å². The summed E-state index contributed by atoms with van der Waals surface area (Å²) < 4.78 is 1.69. The van der Waals surface area contributed by atoms with Gasteiger partial charge in [-0.15, -0.1) is 0 Å². The van der Waals surface area contributed by atoms with Crippen molar-refractivity contribution < 1.29 is 9.59 Å². The van der Waals surface area contributed by atoms with Crippen molar-refractivity contribution in [2.75, 3.05) is 6.54 Å². The molecule has 21 heavy (non-hydrogen) atoms. The maximum Gasteiger partial charge on any atom is 0.245 e. The molecule has 0 aliphatic carbocycles. The van der Waals surface area contributed by atoms with Gasteiger partial charge >= 0.3 is 0 Å². The van der Waals surface area contributed by atoms with E-state index in [9.17, 15) is 9.59 Å². The number of nitrogens with zero attached hydrogens (tertiary/aromatic N) is 3. The standard InChI is InChI=1S/C14H21ClN4O2/c1-4-6-10-14(21)19(8-12(20)16-10)7-11-13(15)9(5-2)17-18(11)3/h10H,4-8H2,1-3H3,(H,16,20). The second kappa shape index (κ2) is 6.47. The molecule has 1 aromatic rings. The molecule has 0 aromatic carbocycles. The highest BCUT2D eigenvalue weighted by molar-refractivity contribution is 6.31. The van der Waals surface area contributed by atoms with Crippen molar-refractivity contribution in [1.82, 2.24) is 20.0 Å². The van der Waals surface area contributed by atoms with Crippen molar-refractivity contribution >= 4 is 23.4 Å². The number of aromatic nitrogens is 2. The Labute approximate surface area is 129 Å². The molecule has 0 bridgehead atoms. The lowest BCUT2D eigenvalue weighted by atomic mass is 10.1. The predicted octanol–water partition coefficient (Wildman–Crippen LogP) is 1.26. The summed E-state index contributed by atoms with van der Waals surface area (Å²) in [5, 5.41) is 7.67. The van der Waals surface area contributed by atoms with E-state index in [1.807, 2.05) is 13.8 Å². The van der Waals surface area contributed by atoms with Crippen molar-refractivity contribution in [2.45, 2.75) is 45.7 Å². The van der Waals surface area contributed by atoms with Crippen LogP contribution in [-0.2, 0) is 29.6 Å². The van der Waals surface area contributed by atoms with E-state index in [2.05, 4.69) is 10.4 Å². The van der Waals surface area contributed by atoms with E-state index in [1.54, 1.807) is 16.6 Å². The van der Waals surface area contributed by atoms with Crippen LogP contribution in [0.4, 0.5) is 0 Å². The molecular weight excluding hydrogens is 292 g/mol. The first-order valence-corrected chi connectivity index (χ1v) is 7.64. The molecule has 1 fully saturated rings. The van der Waals surface area contributed by atoms with Gasteiger partial charge in [-0.25, -0.2) is 0 Å². The Morgan fingerprint density at radius 2 is 2.10 bits per heavy atom. The van der Waals surface area contributed by atoms with Gasteiger partial charge in [0.2, 0.25) is 11.8 Å². The Kier molecular flexibility index (Phi) is 4.88. The number of hydrogen-bond donors (Lipinski definition) is 1. The minimum Gasteiger partial charge on any atom is -0.343 e. The summed E-state index contributed by atoms with van der Waals surface area (Å²) in [5.74, 6) is -0.172. The zero-order valence-corrected chi connectivity index (χ0v) is 13.4. The van der Waals surface area contributed by atoms with E-state index in [0.29, 0.717) is 18.0 Å². The first kappa shape index (κ1) is 15.8. The van der Waals surface area contributed by atoms with Crippen LogP contribution in [0.3, 0.4) is 0 Å². The second-order valence-electron chi connectivity index (χ2n) is 5.29. The van der Waals surface area contributed by atoms with Gasteiger partial charge in [-0.1, -0.05) is 31.9 Å². The van der Waals surface area contributed by atoms with Crippen LogP contribution in [0.5, 0.6) is 0 Å². The van der Waals surface area contributed by atoms with Crippen molar-refractivity contribution in [3.8, 4) is 0 Å². The molecule has 2 amide bonds. The smallest absolute Gasteiger partial charge is 0.245 e. The Morgan fingerprint density at radius 3 is 2.67 bits per heavy atom. The summed E-state index contributed by atoms with van der Waals surface area (Å²) >= 11 is 6.31. The zero-order chi connectivity index (χ0) is 15.6. The molecule has 1 atom stereocenters. The largest absolute Gasteiger partial charge is 0.343 e. The lowest BCUT2D eigenvalue weighted by molar-refractivity contribution is -0.145. The Hall–Kier alpha value is -1.56. The number of rotatable bonds is 5. The van der Waals surface area contributed by atoms with Gasteiger partial charge in [-0.3, -0.25) is 14.3 Å². The summed E-state index contributed by atoms with van der Waals surface area (Å²) in [6, 6.07) is -0.422. The van der Waals surface area contributed by atoms with Crippen LogP contribution in [0.15, 0.2) is 0 Å². The molecule has 0 radical (unpaired) electrons. The summed E-state index contributed by atoms with van der Waals surface area (Å²) in [6.07, 6.45) is 2.23. The van der Waals surface area contributed by atoms with Crippen LogP contribution in [0.2, 0.25) is 5.02 Å². The molecule has 1 aliphatic rings. The number of halogens is 1. The van der Waals surface area contributed by atoms with Crippen LogP contribution >= 0.6 is 11.6 Å². The van der Waals surface area contributed by atoms with E-state index in [0.717, 1.165) is 24.2 Å². The summed E-state index contributed by atoms with van der Waals surface area (Å²) in [6.45, 7) is 4.36. The average Bonchev–Trinajstić information content (AvgIpc) is 2.71. The van der Waals surface area contributed by atoms with Gasteiger partial charge in [0.15, 0.2) is 0 Å². The molecule has 1 saturated heterocycles. The minimum absolute atomic E-state index is 0.0493. The lowest BCUT2D eigenvalue weighted by Gasteiger charge is -2.32. The van der Waals surface area contributed by atoms with Crippen molar-refractivity contribution in [1.29, 1.82) is 0 Å². The fraction of sp³-hybridized carbons (Fsp3) is 0.643. The quantitative estimate of drug-likeness (QED) is 0.890. The third-order valence-electron chi connectivity index (χ3n) is 3.70. The highest BCUT2D eigenvalue weighted by Gasteiger charge is 2.33. The number of aryl methyl sites for hydroxylation is 2. The molecule has 1 aliphatic heterocycles. The molecular formula is C14H21ClN4O2. The molecule has 2 heterocycles. The van der Waals surface area contributed by atoms with Gasteiger partial charge in [0, 0.05) is 7.05 Å². The van der Waals surface area contributed by atoms with Gasteiger partial charge in [-0.05, 0) is 12.8 Å². The predicted molar refractivity (Wildman–Crippen MR) is 79.9 cm³/mol. The minimum atomic E-state index is -0.422. The Bertz CT molecular complexity index is 555. The fourth-order valence-corrected chi connectivity index (χ4v) is 2.92. The van der Waals surface area contributed by atoms with E-state index < -0.39 is 6.04 Å². The lowest BCUT2D eigenvalue weighted by Crippen LogP contribution is -2.57. The number of nitrogens with one attached hydrogen (secondary N) is 1. The van der Waals surface area contributed by atoms with E-state index in [4.69, 9.17) is 11.6 Å². The van der Waals surface area contributed by atoms with Gasteiger partial charge in [0.25, 0.3) is 0 Å². The van der Waals surface area contributed by atoms with Crippen LogP contribution in [0.1, 0.15) is 38.1 Å². The highest BCUT2D eigenvalue weighted by Crippen LogP contribution is 2.23. The van der Waals surface area contributed by atoms with Crippen molar-refractivity contribution in [3.63, 3.8) is 0 Å². The van der Waals surface area contributed by atoms with Crippen molar-refractivity contribution in [2.24, 2.45) is 7.05 Å². The maximum absolute atomic E-state index is 12.4. The second-order valence-corrected chi connectivity index (χ2v) is 5.67. The van der Waals surface area contributed by atoms with Gasteiger partial charge in [0.1, 0.15) is 12.6 Å². The topological polar surface area (TPSA) is 67.2 Å². The zero-order valence-electron chi connectivity index (χ0n) is 12.6. The number of piperazine rings is 1. The van der Waals surface area contributed by atoms with Crippen LogP contribution in [0.25, 0.3) is 0 Å². The van der Waals surface area contributed by atoms with Crippen LogP contribution in [0, 0.1) is 0 Å². The molecule has 2 rings (SSSR count). The SMILES string of the molecule is CCCC1NC(=O)CN(Cc2c(Cl)c(CC)nn2C)C1=O. The third kappa shape index (κ3) is 3.20. The molecule has 7 heteroatoms. The molecule has 6 nitrogen and oxygen atoms in total. The number of amides is 2. The van der Waals surface area contributed by atoms with Crippen LogP contribution < -0.4 is 5.32 Å². The molecule has 1 aromatic heterocycles. The molecule has 0 saturated carbocycles. The Balaban J connectivity index is 2.20. The summed E-state index contributed by atoms with van der Waals surface area (Å²) in [7, 11) is 1.80. The third-order valence-corrected chi connectivity index (χ3v) is 4.14. The normalized spacial score (nSPS) is 19.0. The van der Waals surface area contributed by atoms with Gasteiger partial charge in [-0.2, -0.15) is 5.10 Å². The number of carbonyl (C=O) groups is 2. The number of carbonyl (C=O) groups excluding carboxylic acids is 2. The Morgan fingerprint density at radius 1 is 1.38 bits per heavy atom. The monoisotopic (exact) mass is 312 g/mol. The first-order valence-electron chi connectivity index (χ1n) is 7.26.